The molecule has 10 heteroatoms. The van der Waals surface area contributed by atoms with Gasteiger partial charge in [-0.05, 0) is 43.9 Å². The highest BCUT2D eigenvalue weighted by molar-refractivity contribution is 7.92. The third-order valence-corrected chi connectivity index (χ3v) is 8.50. The van der Waals surface area contributed by atoms with Crippen molar-refractivity contribution in [2.45, 2.75) is 58.1 Å². The predicted molar refractivity (Wildman–Crippen MR) is 149 cm³/mol. The minimum absolute atomic E-state index is 0.0147. The highest BCUT2D eigenvalue weighted by atomic mass is 32.2. The molecule has 0 aliphatic rings. The zero-order valence-corrected chi connectivity index (χ0v) is 24.0. The average molecular weight is 561 g/mol. The van der Waals surface area contributed by atoms with E-state index in [0.29, 0.717) is 0 Å². The minimum Gasteiger partial charge on any atom is -0.481 e. The summed E-state index contributed by atoms with van der Waals surface area (Å²) in [6, 6.07) is 16.0. The van der Waals surface area contributed by atoms with E-state index in [1.54, 1.807) is 18.2 Å². The summed E-state index contributed by atoms with van der Waals surface area (Å²) in [6.07, 6.45) is -1.03. The molecule has 0 fully saturated rings. The van der Waals surface area contributed by atoms with Crippen LogP contribution in [-0.4, -0.2) is 72.3 Å². The molecule has 2 amide bonds. The summed E-state index contributed by atoms with van der Waals surface area (Å²) in [5.74, 6) is -4.01. The van der Waals surface area contributed by atoms with Crippen LogP contribution in [0.25, 0.3) is 0 Å². The Labute approximate surface area is 231 Å². The Kier molecular flexibility index (Phi) is 11.2. The zero-order chi connectivity index (χ0) is 29.4. The first-order chi connectivity index (χ1) is 18.1. The van der Waals surface area contributed by atoms with Crippen molar-refractivity contribution >= 4 is 27.6 Å². The van der Waals surface area contributed by atoms with E-state index in [0.717, 1.165) is 5.56 Å². The molecule has 9 nitrogen and oxygen atoms in total. The van der Waals surface area contributed by atoms with Gasteiger partial charge in [0.2, 0.25) is 11.8 Å². The van der Waals surface area contributed by atoms with Crippen LogP contribution in [0.4, 0.5) is 0 Å². The lowest BCUT2D eigenvalue weighted by Crippen LogP contribution is -2.54. The van der Waals surface area contributed by atoms with Crippen molar-refractivity contribution < 1.29 is 33.0 Å². The van der Waals surface area contributed by atoms with Crippen LogP contribution < -0.4 is 5.32 Å². The topological polar surface area (TPSA) is 141 Å². The molecular formula is C29H40N2O7S. The highest BCUT2D eigenvalue weighted by Gasteiger charge is 2.39. The molecule has 2 aromatic carbocycles. The fourth-order valence-corrected chi connectivity index (χ4v) is 5.26. The van der Waals surface area contributed by atoms with E-state index in [1.807, 2.05) is 44.2 Å². The van der Waals surface area contributed by atoms with Gasteiger partial charge in [0.1, 0.15) is 5.75 Å². The second-order valence-corrected chi connectivity index (χ2v) is 12.9. The molecule has 0 heterocycles. The molecule has 0 spiro atoms. The fourth-order valence-electron chi connectivity index (χ4n) is 4.01. The van der Waals surface area contributed by atoms with Crippen LogP contribution >= 0.6 is 0 Å². The van der Waals surface area contributed by atoms with Crippen molar-refractivity contribution in [1.82, 2.24) is 10.2 Å². The number of aliphatic hydroxyl groups is 1. The van der Waals surface area contributed by atoms with Gasteiger partial charge in [0, 0.05) is 13.1 Å². The summed E-state index contributed by atoms with van der Waals surface area (Å²) < 4.78 is 25.7. The number of hydrogen-bond donors (Lipinski definition) is 3. The molecule has 214 valence electrons. The van der Waals surface area contributed by atoms with Crippen LogP contribution in [-0.2, 0) is 30.6 Å². The van der Waals surface area contributed by atoms with E-state index < -0.39 is 56.9 Å². The molecule has 3 unspecified atom stereocenters. The third-order valence-electron chi connectivity index (χ3n) is 6.88. The van der Waals surface area contributed by atoms with E-state index in [4.69, 9.17) is 0 Å². The SMILES string of the molecule is CC(C)CN(CC(O)C(Cc1ccccc1)NC(=O)C(C)C(C)(C)C(=O)O)C(=O)CS(=O)(=O)c1ccccc1. The van der Waals surface area contributed by atoms with Gasteiger partial charge < -0.3 is 20.4 Å². The summed E-state index contributed by atoms with van der Waals surface area (Å²) in [5, 5.41) is 23.6. The number of aliphatic carboxylic acids is 1. The van der Waals surface area contributed by atoms with Crippen molar-refractivity contribution in [3.05, 3.63) is 66.2 Å². The number of rotatable bonds is 14. The fraction of sp³-hybridized carbons (Fsp3) is 0.483. The number of carboxylic acids is 1. The Balaban J connectivity index is 2.29. The number of hydrogen-bond acceptors (Lipinski definition) is 6. The molecule has 0 aliphatic heterocycles. The minimum atomic E-state index is -3.90. The van der Waals surface area contributed by atoms with E-state index in [-0.39, 0.29) is 30.3 Å². The monoisotopic (exact) mass is 560 g/mol. The summed E-state index contributed by atoms with van der Waals surface area (Å²) in [5.41, 5.74) is -0.530. The molecule has 0 saturated heterocycles. The summed E-state index contributed by atoms with van der Waals surface area (Å²) in [6.45, 7) is 8.16. The maximum atomic E-state index is 13.2. The van der Waals surface area contributed by atoms with Crippen molar-refractivity contribution in [3.8, 4) is 0 Å². The molecular weight excluding hydrogens is 520 g/mol. The number of sulfone groups is 1. The smallest absolute Gasteiger partial charge is 0.309 e. The number of benzene rings is 2. The van der Waals surface area contributed by atoms with Gasteiger partial charge in [0.25, 0.3) is 0 Å². The third kappa shape index (κ3) is 9.18. The van der Waals surface area contributed by atoms with Gasteiger partial charge in [-0.15, -0.1) is 0 Å². The average Bonchev–Trinajstić information content (AvgIpc) is 2.87. The second kappa shape index (κ2) is 13.7. The Morgan fingerprint density at radius 3 is 1.97 bits per heavy atom. The van der Waals surface area contributed by atoms with Crippen molar-refractivity contribution in [3.63, 3.8) is 0 Å². The molecule has 3 atom stereocenters. The van der Waals surface area contributed by atoms with Gasteiger partial charge in [-0.2, -0.15) is 0 Å². The summed E-state index contributed by atoms with van der Waals surface area (Å²) in [7, 11) is -3.90. The van der Waals surface area contributed by atoms with E-state index >= 15 is 0 Å². The van der Waals surface area contributed by atoms with Crippen LogP contribution in [0.15, 0.2) is 65.6 Å². The molecule has 2 rings (SSSR count). The Morgan fingerprint density at radius 2 is 1.46 bits per heavy atom. The molecule has 0 aliphatic carbocycles. The van der Waals surface area contributed by atoms with Crippen molar-refractivity contribution in [1.29, 1.82) is 0 Å². The normalized spacial score (nSPS) is 14.3. The van der Waals surface area contributed by atoms with Gasteiger partial charge in [-0.1, -0.05) is 69.3 Å². The first-order valence-electron chi connectivity index (χ1n) is 13.0. The largest absolute Gasteiger partial charge is 0.481 e. The molecule has 39 heavy (non-hydrogen) atoms. The number of carboxylic acid groups (broad SMARTS) is 1. The Morgan fingerprint density at radius 1 is 0.923 bits per heavy atom. The molecule has 2 aromatic rings. The van der Waals surface area contributed by atoms with Crippen molar-refractivity contribution in [2.24, 2.45) is 17.3 Å². The van der Waals surface area contributed by atoms with Crippen molar-refractivity contribution in [2.75, 3.05) is 18.8 Å². The lowest BCUT2D eigenvalue weighted by molar-refractivity contribution is -0.153. The maximum Gasteiger partial charge on any atom is 0.309 e. The van der Waals surface area contributed by atoms with Gasteiger partial charge in [-0.25, -0.2) is 8.42 Å². The van der Waals surface area contributed by atoms with Crippen LogP contribution in [0.1, 0.15) is 40.2 Å². The number of carbonyl (C=O) groups is 3. The van der Waals surface area contributed by atoms with Crippen LogP contribution in [0.3, 0.4) is 0 Å². The standard InChI is InChI=1S/C29H40N2O7S/c1-20(2)17-31(26(33)19-39(37,38)23-14-10-7-11-15-23)18-25(32)24(16-22-12-8-6-9-13-22)30-27(34)21(3)29(4,5)28(35)36/h6-15,20-21,24-25,32H,16-19H2,1-5H3,(H,30,34)(H,35,36). The van der Waals surface area contributed by atoms with Crippen LogP contribution in [0.2, 0.25) is 0 Å². The quantitative estimate of drug-likeness (QED) is 0.323. The number of nitrogens with one attached hydrogen (secondary N) is 1. The maximum absolute atomic E-state index is 13.2. The van der Waals surface area contributed by atoms with E-state index in [9.17, 15) is 33.0 Å². The number of nitrogens with zero attached hydrogens (tertiary/aromatic N) is 1. The number of carbonyl (C=O) groups excluding carboxylic acids is 2. The highest BCUT2D eigenvalue weighted by Crippen LogP contribution is 2.27. The molecule has 0 radical (unpaired) electrons. The van der Waals surface area contributed by atoms with E-state index in [1.165, 1.54) is 37.8 Å². The van der Waals surface area contributed by atoms with Gasteiger partial charge in [0.05, 0.1) is 28.4 Å². The molecule has 0 aromatic heterocycles. The Hall–Kier alpha value is -3.24. The summed E-state index contributed by atoms with van der Waals surface area (Å²) >= 11 is 0. The first kappa shape index (κ1) is 32.0. The molecule has 0 saturated carbocycles. The Bertz CT molecular complexity index is 1210. The van der Waals surface area contributed by atoms with Gasteiger partial charge >= 0.3 is 5.97 Å². The lowest BCUT2D eigenvalue weighted by atomic mass is 9.79. The zero-order valence-electron chi connectivity index (χ0n) is 23.2. The predicted octanol–water partition coefficient (Wildman–Crippen LogP) is 2.78. The second-order valence-electron chi connectivity index (χ2n) is 10.9. The van der Waals surface area contributed by atoms with Crippen LogP contribution in [0, 0.1) is 17.3 Å². The van der Waals surface area contributed by atoms with E-state index in [2.05, 4.69) is 5.32 Å². The number of aliphatic hydroxyl groups excluding tert-OH is 1. The molecule has 0 bridgehead atoms. The summed E-state index contributed by atoms with van der Waals surface area (Å²) in [4.78, 5) is 39.3. The van der Waals surface area contributed by atoms with Crippen LogP contribution in [0.5, 0.6) is 0 Å². The van der Waals surface area contributed by atoms with Gasteiger partial charge in [-0.3, -0.25) is 14.4 Å². The molecule has 3 N–H and O–H groups in total. The first-order valence-corrected chi connectivity index (χ1v) is 14.6. The number of amides is 2. The lowest BCUT2D eigenvalue weighted by Gasteiger charge is -2.33. The van der Waals surface area contributed by atoms with Gasteiger partial charge in [0.15, 0.2) is 9.84 Å².